The van der Waals surface area contributed by atoms with Crippen LogP contribution in [-0.2, 0) is 9.47 Å². The van der Waals surface area contributed by atoms with Crippen LogP contribution >= 0.6 is 39.3 Å². The minimum Gasteiger partial charge on any atom is -0.493 e. The van der Waals surface area contributed by atoms with Gasteiger partial charge in [0.1, 0.15) is 24.4 Å². The second-order valence-electron chi connectivity index (χ2n) is 7.52. The van der Waals surface area contributed by atoms with Crippen molar-refractivity contribution in [1.82, 2.24) is 9.97 Å². The van der Waals surface area contributed by atoms with Gasteiger partial charge < -0.3 is 24.3 Å². The number of rotatable bonds is 6. The molecule has 5 rings (SSSR count). The minimum absolute atomic E-state index is 0.0531. The molecule has 0 radical (unpaired) electrons. The Morgan fingerprint density at radius 2 is 1.97 bits per heavy atom. The Hall–Kier alpha value is -1.78. The maximum absolute atomic E-state index is 6.31. The molecule has 2 aliphatic heterocycles. The molecule has 0 spiro atoms. The summed E-state index contributed by atoms with van der Waals surface area (Å²) in [5.41, 5.74) is 1.54. The number of methoxy groups -OCH3 is 1. The van der Waals surface area contributed by atoms with E-state index in [0.29, 0.717) is 40.8 Å². The molecule has 0 amide bonds. The fourth-order valence-corrected chi connectivity index (χ4v) is 5.16. The third-order valence-corrected chi connectivity index (χ3v) is 7.89. The van der Waals surface area contributed by atoms with Gasteiger partial charge in [-0.2, -0.15) is 11.8 Å². The maximum Gasteiger partial charge on any atom is 0.164 e. The maximum atomic E-state index is 6.31. The van der Waals surface area contributed by atoms with Gasteiger partial charge in [0.05, 0.1) is 36.1 Å². The number of nitrogens with one attached hydrogen (secondary N) is 1. The number of anilines is 2. The molecule has 3 heterocycles. The van der Waals surface area contributed by atoms with Gasteiger partial charge in [-0.1, -0.05) is 11.6 Å². The molecule has 2 aromatic carbocycles. The highest BCUT2D eigenvalue weighted by Gasteiger charge is 2.48. The van der Waals surface area contributed by atoms with Gasteiger partial charge in [-0.15, -0.1) is 0 Å². The van der Waals surface area contributed by atoms with E-state index >= 15 is 0 Å². The molecule has 0 saturated carbocycles. The van der Waals surface area contributed by atoms with E-state index in [4.69, 9.17) is 30.5 Å². The summed E-state index contributed by atoms with van der Waals surface area (Å²) < 4.78 is 24.7. The average molecular weight is 539 g/mol. The quantitative estimate of drug-likeness (QED) is 0.466. The Kier molecular flexibility index (Phi) is 6.35. The Balaban J connectivity index is 1.43. The molecule has 10 heteroatoms. The van der Waals surface area contributed by atoms with Crippen LogP contribution in [0.15, 0.2) is 41.1 Å². The largest absolute Gasteiger partial charge is 0.493 e. The summed E-state index contributed by atoms with van der Waals surface area (Å²) in [6.45, 7) is 1.15. The Labute approximate surface area is 203 Å². The lowest BCUT2D eigenvalue weighted by molar-refractivity contribution is 0.0299. The molecule has 2 fully saturated rings. The minimum atomic E-state index is -0.201. The van der Waals surface area contributed by atoms with Crippen LogP contribution in [0.1, 0.15) is 0 Å². The molecule has 0 bridgehead atoms. The van der Waals surface area contributed by atoms with Crippen LogP contribution in [0.3, 0.4) is 0 Å². The van der Waals surface area contributed by atoms with E-state index in [9.17, 15) is 0 Å². The molecule has 0 aliphatic carbocycles. The van der Waals surface area contributed by atoms with Crippen LogP contribution < -0.4 is 14.8 Å². The van der Waals surface area contributed by atoms with E-state index in [1.165, 1.54) is 6.33 Å². The first-order valence-electron chi connectivity index (χ1n) is 10.0. The molecule has 168 valence electrons. The van der Waals surface area contributed by atoms with E-state index in [2.05, 4.69) is 37.5 Å². The Morgan fingerprint density at radius 1 is 1.12 bits per heavy atom. The average Bonchev–Trinajstić information content (AvgIpc) is 3.39. The molecule has 1 aromatic heterocycles. The predicted octanol–water partition coefficient (Wildman–Crippen LogP) is 5.07. The highest BCUT2D eigenvalue weighted by atomic mass is 79.9. The molecule has 1 N–H and O–H groups in total. The molecular weight excluding hydrogens is 518 g/mol. The number of hydrogen-bond acceptors (Lipinski definition) is 8. The molecule has 0 unspecified atom stereocenters. The van der Waals surface area contributed by atoms with Crippen LogP contribution in [0.4, 0.5) is 11.5 Å². The van der Waals surface area contributed by atoms with E-state index < -0.39 is 0 Å². The van der Waals surface area contributed by atoms with Crippen LogP contribution in [0.2, 0.25) is 5.02 Å². The summed E-state index contributed by atoms with van der Waals surface area (Å²) in [6, 6.07) is 9.36. The Morgan fingerprint density at radius 3 is 2.75 bits per heavy atom. The summed E-state index contributed by atoms with van der Waals surface area (Å²) in [4.78, 5) is 8.84. The number of ether oxygens (including phenoxy) is 4. The highest BCUT2D eigenvalue weighted by molar-refractivity contribution is 9.10. The van der Waals surface area contributed by atoms with Crippen LogP contribution in [0.5, 0.6) is 11.5 Å². The molecule has 7 nitrogen and oxygen atoms in total. The van der Waals surface area contributed by atoms with E-state index in [-0.39, 0.29) is 18.3 Å². The van der Waals surface area contributed by atoms with Crippen molar-refractivity contribution < 1.29 is 18.9 Å². The van der Waals surface area contributed by atoms with Crippen molar-refractivity contribution in [3.63, 3.8) is 0 Å². The molecule has 4 atom stereocenters. The first kappa shape index (κ1) is 22.0. The van der Waals surface area contributed by atoms with E-state index in [0.717, 1.165) is 21.1 Å². The van der Waals surface area contributed by atoms with E-state index in [1.807, 2.05) is 30.3 Å². The van der Waals surface area contributed by atoms with E-state index in [1.54, 1.807) is 18.9 Å². The number of nitrogens with zero attached hydrogens (tertiary/aromatic N) is 2. The summed E-state index contributed by atoms with van der Waals surface area (Å²) in [6.07, 6.45) is 3.36. The van der Waals surface area contributed by atoms with Crippen molar-refractivity contribution in [2.24, 2.45) is 0 Å². The van der Waals surface area contributed by atoms with Crippen LogP contribution in [0.25, 0.3) is 10.9 Å². The lowest BCUT2D eigenvalue weighted by atomic mass is 10.1. The van der Waals surface area contributed by atoms with Crippen molar-refractivity contribution >= 4 is 61.7 Å². The zero-order valence-electron chi connectivity index (χ0n) is 17.4. The first-order chi connectivity index (χ1) is 15.6. The lowest BCUT2D eigenvalue weighted by Crippen LogP contribution is -2.34. The van der Waals surface area contributed by atoms with Crippen LogP contribution in [-0.4, -0.2) is 60.1 Å². The number of halogens is 2. The van der Waals surface area contributed by atoms with Crippen molar-refractivity contribution in [2.75, 3.05) is 31.9 Å². The molecule has 32 heavy (non-hydrogen) atoms. The predicted molar refractivity (Wildman–Crippen MR) is 130 cm³/mol. The fraction of sp³-hybridized carbons (Fsp3) is 0.364. The van der Waals surface area contributed by atoms with Gasteiger partial charge in [0.15, 0.2) is 17.6 Å². The molecule has 2 aliphatic rings. The summed E-state index contributed by atoms with van der Waals surface area (Å²) in [5, 5.41) is 5.05. The van der Waals surface area contributed by atoms with Gasteiger partial charge in [-0.25, -0.2) is 9.97 Å². The molecule has 2 saturated heterocycles. The third-order valence-electron chi connectivity index (χ3n) is 5.65. The van der Waals surface area contributed by atoms with Crippen molar-refractivity contribution in [2.45, 2.75) is 23.6 Å². The number of aromatic nitrogens is 2. The Bertz CT molecular complexity index is 1150. The first-order valence-corrected chi connectivity index (χ1v) is 12.5. The van der Waals surface area contributed by atoms with Gasteiger partial charge in [0.2, 0.25) is 0 Å². The molecular formula is C22H21BrClN3O4S. The van der Waals surface area contributed by atoms with Gasteiger partial charge >= 0.3 is 0 Å². The second-order valence-corrected chi connectivity index (χ2v) is 9.86. The zero-order valence-corrected chi connectivity index (χ0v) is 20.5. The SMILES string of the molecule is COc1cc2c(Nc3ccc(Br)c(Cl)c3)ncnc2cc1O[C@@H]1CO[C@@H]2[C@H]1OC[C@H]2SC. The van der Waals surface area contributed by atoms with Crippen molar-refractivity contribution in [1.29, 1.82) is 0 Å². The third kappa shape index (κ3) is 4.12. The van der Waals surface area contributed by atoms with Gasteiger partial charge in [-0.3, -0.25) is 0 Å². The van der Waals surface area contributed by atoms with Crippen molar-refractivity contribution in [3.8, 4) is 11.5 Å². The highest BCUT2D eigenvalue weighted by Crippen LogP contribution is 2.39. The number of thioether (sulfide) groups is 1. The lowest BCUT2D eigenvalue weighted by Gasteiger charge is -2.20. The topological polar surface area (TPSA) is 74.7 Å². The normalized spacial score (nSPS) is 24.5. The fourth-order valence-electron chi connectivity index (χ4n) is 4.02. The molecule has 3 aromatic rings. The van der Waals surface area contributed by atoms with Crippen LogP contribution in [0, 0.1) is 0 Å². The zero-order chi connectivity index (χ0) is 22.2. The van der Waals surface area contributed by atoms with Gasteiger partial charge in [-0.05, 0) is 46.5 Å². The smallest absolute Gasteiger partial charge is 0.164 e. The number of benzene rings is 2. The summed E-state index contributed by atoms with van der Waals surface area (Å²) >= 11 is 11.4. The summed E-state index contributed by atoms with van der Waals surface area (Å²) in [5.74, 6) is 1.83. The summed E-state index contributed by atoms with van der Waals surface area (Å²) in [7, 11) is 1.61. The van der Waals surface area contributed by atoms with Gasteiger partial charge in [0.25, 0.3) is 0 Å². The van der Waals surface area contributed by atoms with Crippen molar-refractivity contribution in [3.05, 3.63) is 46.2 Å². The monoisotopic (exact) mass is 537 g/mol. The number of hydrogen-bond donors (Lipinski definition) is 1. The van der Waals surface area contributed by atoms with Gasteiger partial charge in [0, 0.05) is 21.6 Å². The standard InChI is InChI=1S/C22H21BrClN3O4S/c1-28-16-6-12-15(25-10-26-22(12)27-11-3-4-13(23)14(24)5-11)7-17(16)31-18-8-29-21-19(32-2)9-30-20(18)21/h3-7,10,18-21H,8-9H2,1-2H3,(H,25,26,27)/t18-,19-,20+,21+/m1/s1. The second kappa shape index (κ2) is 9.23. The number of fused-ring (bicyclic) bond motifs is 2.